The van der Waals surface area contributed by atoms with Crippen LogP contribution in [0.15, 0.2) is 30.3 Å². The largest absolute Gasteiger partial charge is 0.493 e. The van der Waals surface area contributed by atoms with Gasteiger partial charge in [-0.05, 0) is 48.2 Å². The number of ether oxygens (including phenoxy) is 6. The molecule has 1 atom stereocenters. The van der Waals surface area contributed by atoms with Gasteiger partial charge in [0.25, 0.3) is 0 Å². The van der Waals surface area contributed by atoms with Gasteiger partial charge in [0.05, 0.1) is 35.0 Å². The highest BCUT2D eigenvalue weighted by molar-refractivity contribution is 5.73. The summed E-state index contributed by atoms with van der Waals surface area (Å²) in [5.41, 5.74) is 1.90. The van der Waals surface area contributed by atoms with Crippen LogP contribution in [0.4, 0.5) is 0 Å². The van der Waals surface area contributed by atoms with Crippen molar-refractivity contribution in [2.75, 3.05) is 35.0 Å². The van der Waals surface area contributed by atoms with Crippen LogP contribution in [0, 0.1) is 0 Å². The standard InChI is InChI=1S/C23H28O6/c1-24-18-11-10-16(13-19(18)29-22-7-5-6-12-28-22)8-9-17-14-20(25-2)23(27-4)21(15-17)26-3/h8-11,13-15,22H,5-7,12H2,1-4H3/b9-8-. The first-order chi connectivity index (χ1) is 14.2. The van der Waals surface area contributed by atoms with Gasteiger partial charge in [0.15, 0.2) is 29.3 Å². The quantitative estimate of drug-likeness (QED) is 0.594. The Balaban J connectivity index is 1.84. The number of benzene rings is 2. The zero-order valence-corrected chi connectivity index (χ0v) is 17.4. The van der Waals surface area contributed by atoms with E-state index in [2.05, 4.69) is 0 Å². The highest BCUT2D eigenvalue weighted by Gasteiger charge is 2.17. The third kappa shape index (κ3) is 5.15. The first kappa shape index (κ1) is 20.9. The van der Waals surface area contributed by atoms with Gasteiger partial charge in [0, 0.05) is 6.42 Å². The predicted octanol–water partition coefficient (Wildman–Crippen LogP) is 4.80. The third-order valence-corrected chi connectivity index (χ3v) is 4.74. The molecule has 0 bridgehead atoms. The van der Waals surface area contributed by atoms with Crippen molar-refractivity contribution in [3.8, 4) is 28.7 Å². The van der Waals surface area contributed by atoms with E-state index in [4.69, 9.17) is 28.4 Å². The fourth-order valence-corrected chi connectivity index (χ4v) is 3.22. The van der Waals surface area contributed by atoms with Gasteiger partial charge in [-0.25, -0.2) is 0 Å². The van der Waals surface area contributed by atoms with Crippen molar-refractivity contribution < 1.29 is 28.4 Å². The van der Waals surface area contributed by atoms with Crippen LogP contribution in [0.25, 0.3) is 12.2 Å². The molecule has 1 aliphatic heterocycles. The van der Waals surface area contributed by atoms with Crippen molar-refractivity contribution in [1.29, 1.82) is 0 Å². The number of hydrogen-bond donors (Lipinski definition) is 0. The van der Waals surface area contributed by atoms with Crippen molar-refractivity contribution in [2.45, 2.75) is 25.6 Å². The van der Waals surface area contributed by atoms with Gasteiger partial charge in [-0.1, -0.05) is 18.2 Å². The Labute approximate surface area is 171 Å². The molecule has 1 aliphatic rings. The van der Waals surface area contributed by atoms with E-state index in [1.54, 1.807) is 28.4 Å². The monoisotopic (exact) mass is 400 g/mol. The predicted molar refractivity (Wildman–Crippen MR) is 112 cm³/mol. The van der Waals surface area contributed by atoms with Gasteiger partial charge in [-0.15, -0.1) is 0 Å². The summed E-state index contributed by atoms with van der Waals surface area (Å²) >= 11 is 0. The van der Waals surface area contributed by atoms with E-state index in [1.165, 1.54) is 0 Å². The average Bonchev–Trinajstić information content (AvgIpc) is 2.77. The van der Waals surface area contributed by atoms with E-state index in [1.807, 2.05) is 42.5 Å². The molecule has 0 radical (unpaired) electrons. The summed E-state index contributed by atoms with van der Waals surface area (Å²) < 4.78 is 33.4. The Bertz CT molecular complexity index is 814. The molecule has 2 aromatic rings. The molecule has 6 nitrogen and oxygen atoms in total. The lowest BCUT2D eigenvalue weighted by molar-refractivity contribution is -0.106. The van der Waals surface area contributed by atoms with Crippen LogP contribution in [0.5, 0.6) is 28.7 Å². The van der Waals surface area contributed by atoms with Gasteiger partial charge >= 0.3 is 0 Å². The smallest absolute Gasteiger partial charge is 0.203 e. The second-order valence-corrected chi connectivity index (χ2v) is 6.62. The molecule has 6 heteroatoms. The van der Waals surface area contributed by atoms with Gasteiger partial charge in [-0.3, -0.25) is 0 Å². The lowest BCUT2D eigenvalue weighted by atomic mass is 10.1. The van der Waals surface area contributed by atoms with Gasteiger partial charge in [0.1, 0.15) is 0 Å². The van der Waals surface area contributed by atoms with E-state index in [9.17, 15) is 0 Å². The van der Waals surface area contributed by atoms with Crippen LogP contribution in [0.2, 0.25) is 0 Å². The summed E-state index contributed by atoms with van der Waals surface area (Å²) in [5.74, 6) is 3.15. The Hall–Kier alpha value is -2.86. The van der Waals surface area contributed by atoms with Crippen LogP contribution < -0.4 is 23.7 Å². The number of rotatable bonds is 8. The highest BCUT2D eigenvalue weighted by atomic mass is 16.7. The molecule has 0 N–H and O–H groups in total. The molecule has 0 aromatic heterocycles. The van der Waals surface area contributed by atoms with E-state index in [0.29, 0.717) is 28.7 Å². The van der Waals surface area contributed by atoms with Crippen LogP contribution in [-0.4, -0.2) is 41.3 Å². The maximum absolute atomic E-state index is 6.04. The number of methoxy groups -OCH3 is 4. The van der Waals surface area contributed by atoms with Crippen LogP contribution >= 0.6 is 0 Å². The molecule has 2 aromatic carbocycles. The second kappa shape index (κ2) is 10.1. The molecule has 1 fully saturated rings. The molecule has 3 rings (SSSR count). The SMILES string of the molecule is COc1ccc(/C=C\c2cc(OC)c(OC)c(OC)c2)cc1OC1CCCCO1. The summed E-state index contributed by atoms with van der Waals surface area (Å²) in [6, 6.07) is 9.61. The Morgan fingerprint density at radius 2 is 1.41 bits per heavy atom. The van der Waals surface area contributed by atoms with Gasteiger partial charge in [-0.2, -0.15) is 0 Å². The first-order valence-corrected chi connectivity index (χ1v) is 9.63. The summed E-state index contributed by atoms with van der Waals surface area (Å²) in [5, 5.41) is 0. The minimum absolute atomic E-state index is 0.230. The zero-order valence-electron chi connectivity index (χ0n) is 17.4. The summed E-state index contributed by atoms with van der Waals surface area (Å²) in [6.07, 6.45) is 6.81. The van der Waals surface area contributed by atoms with Crippen molar-refractivity contribution in [1.82, 2.24) is 0 Å². The van der Waals surface area contributed by atoms with E-state index in [-0.39, 0.29) is 6.29 Å². The highest BCUT2D eigenvalue weighted by Crippen LogP contribution is 2.39. The lowest BCUT2D eigenvalue weighted by Crippen LogP contribution is -2.25. The average molecular weight is 400 g/mol. The lowest BCUT2D eigenvalue weighted by Gasteiger charge is -2.24. The third-order valence-electron chi connectivity index (χ3n) is 4.74. The molecule has 1 unspecified atom stereocenters. The minimum Gasteiger partial charge on any atom is -0.493 e. The molecule has 0 spiro atoms. The van der Waals surface area contributed by atoms with Crippen molar-refractivity contribution >= 4 is 12.2 Å². The Kier molecular flexibility index (Phi) is 7.25. The summed E-state index contributed by atoms with van der Waals surface area (Å²) in [4.78, 5) is 0. The summed E-state index contributed by atoms with van der Waals surface area (Å²) in [6.45, 7) is 0.730. The molecule has 0 amide bonds. The van der Waals surface area contributed by atoms with Crippen LogP contribution in [0.1, 0.15) is 30.4 Å². The van der Waals surface area contributed by atoms with E-state index >= 15 is 0 Å². The zero-order chi connectivity index (χ0) is 20.6. The first-order valence-electron chi connectivity index (χ1n) is 9.63. The molecule has 1 saturated heterocycles. The topological polar surface area (TPSA) is 55.4 Å². The minimum atomic E-state index is -0.230. The van der Waals surface area contributed by atoms with Crippen molar-refractivity contribution in [2.24, 2.45) is 0 Å². The van der Waals surface area contributed by atoms with E-state index in [0.717, 1.165) is 37.0 Å². The van der Waals surface area contributed by atoms with Crippen LogP contribution in [-0.2, 0) is 4.74 Å². The molecule has 0 saturated carbocycles. The van der Waals surface area contributed by atoms with E-state index < -0.39 is 0 Å². The fourth-order valence-electron chi connectivity index (χ4n) is 3.22. The Morgan fingerprint density at radius 3 is 2.00 bits per heavy atom. The molecule has 0 aliphatic carbocycles. The molecular formula is C23H28O6. The van der Waals surface area contributed by atoms with Gasteiger partial charge < -0.3 is 28.4 Å². The second-order valence-electron chi connectivity index (χ2n) is 6.62. The maximum atomic E-state index is 6.04. The van der Waals surface area contributed by atoms with Crippen molar-refractivity contribution in [3.05, 3.63) is 41.5 Å². The van der Waals surface area contributed by atoms with Crippen molar-refractivity contribution in [3.63, 3.8) is 0 Å². The molecular weight excluding hydrogens is 372 g/mol. The summed E-state index contributed by atoms with van der Waals surface area (Å²) in [7, 11) is 6.43. The van der Waals surface area contributed by atoms with Gasteiger partial charge in [0.2, 0.25) is 5.75 Å². The number of hydrogen-bond acceptors (Lipinski definition) is 6. The normalized spacial score (nSPS) is 16.5. The molecule has 29 heavy (non-hydrogen) atoms. The maximum Gasteiger partial charge on any atom is 0.203 e. The fraction of sp³-hybridized carbons (Fsp3) is 0.391. The molecule has 156 valence electrons. The Morgan fingerprint density at radius 1 is 0.759 bits per heavy atom. The molecule has 1 heterocycles. The van der Waals surface area contributed by atoms with Crippen LogP contribution in [0.3, 0.4) is 0 Å².